The highest BCUT2D eigenvalue weighted by molar-refractivity contribution is 7.89. The van der Waals surface area contributed by atoms with Crippen LogP contribution in [0.25, 0.3) is 0 Å². The Morgan fingerprint density at radius 3 is 2.15 bits per heavy atom. The number of hydrogen-bond acceptors (Lipinski definition) is 8. The fourth-order valence-corrected chi connectivity index (χ4v) is 7.15. The largest absolute Gasteiger partial charge is 0.383 e. The molecule has 40 heavy (non-hydrogen) atoms. The molecule has 220 valence electrons. The van der Waals surface area contributed by atoms with Crippen LogP contribution >= 0.6 is 11.3 Å². The van der Waals surface area contributed by atoms with Gasteiger partial charge in [0.1, 0.15) is 5.00 Å². The number of fused-ring (bicyclic) bond motifs is 1. The normalized spacial score (nSPS) is 13.3. The summed E-state index contributed by atoms with van der Waals surface area (Å²) < 4.78 is 37.8. The highest BCUT2D eigenvalue weighted by Gasteiger charge is 2.31. The van der Waals surface area contributed by atoms with Gasteiger partial charge in [0, 0.05) is 64.3 Å². The van der Waals surface area contributed by atoms with Gasteiger partial charge in [0.2, 0.25) is 15.9 Å². The number of hydrogen-bond donors (Lipinski definition) is 1. The predicted molar refractivity (Wildman–Crippen MR) is 153 cm³/mol. The summed E-state index contributed by atoms with van der Waals surface area (Å²) >= 11 is 1.30. The van der Waals surface area contributed by atoms with E-state index in [9.17, 15) is 22.8 Å². The molecular formula is C27H38N4O7S2. The molecule has 11 nitrogen and oxygen atoms in total. The molecule has 13 heteroatoms. The molecule has 1 aromatic carbocycles. The van der Waals surface area contributed by atoms with Crippen LogP contribution in [0.4, 0.5) is 5.00 Å². The highest BCUT2D eigenvalue weighted by atomic mass is 32.2. The first-order chi connectivity index (χ1) is 19.1. The lowest BCUT2D eigenvalue weighted by Crippen LogP contribution is -2.36. The Hall–Kier alpha value is -2.84. The molecule has 0 saturated carbocycles. The third-order valence-electron chi connectivity index (χ3n) is 6.84. The number of amides is 3. The van der Waals surface area contributed by atoms with Crippen molar-refractivity contribution < 1.29 is 32.3 Å². The number of ether oxygens (including phenoxy) is 2. The van der Waals surface area contributed by atoms with Gasteiger partial charge in [0.05, 0.1) is 30.2 Å². The lowest BCUT2D eigenvalue weighted by molar-refractivity contribution is -0.129. The van der Waals surface area contributed by atoms with Gasteiger partial charge in [-0.2, -0.15) is 4.31 Å². The third-order valence-corrected chi connectivity index (χ3v) is 9.88. The van der Waals surface area contributed by atoms with Crippen LogP contribution in [0.3, 0.4) is 0 Å². The molecule has 3 amide bonds. The van der Waals surface area contributed by atoms with Crippen LogP contribution in [-0.2, 0) is 37.3 Å². The molecule has 0 fully saturated rings. The van der Waals surface area contributed by atoms with E-state index in [1.807, 2.05) is 13.8 Å². The van der Waals surface area contributed by atoms with Gasteiger partial charge in [-0.05, 0) is 50.1 Å². The molecule has 0 radical (unpaired) electrons. The van der Waals surface area contributed by atoms with Crippen LogP contribution in [0, 0.1) is 0 Å². The predicted octanol–water partition coefficient (Wildman–Crippen LogP) is 2.67. The van der Waals surface area contributed by atoms with Crippen LogP contribution in [0.1, 0.15) is 51.9 Å². The summed E-state index contributed by atoms with van der Waals surface area (Å²) in [6.45, 7) is 8.04. The molecule has 0 unspecified atom stereocenters. The standard InChI is InChI=1S/C27H38N4O7S2/c1-6-29(7-2)27(34)24-22-12-13-30(19(3)32)18-23(22)39-26(24)28-25(33)20-8-10-21(11-9-20)40(35,36)31(14-16-37-4)15-17-38-5/h8-11H,6-7,12-18H2,1-5H3,(H,28,33). The first-order valence-corrected chi connectivity index (χ1v) is 15.4. The number of nitrogens with one attached hydrogen (secondary N) is 1. The number of benzene rings is 1. The molecule has 0 saturated heterocycles. The van der Waals surface area contributed by atoms with Gasteiger partial charge >= 0.3 is 0 Å². The maximum Gasteiger partial charge on any atom is 0.257 e. The minimum Gasteiger partial charge on any atom is -0.383 e. The Labute approximate surface area is 240 Å². The van der Waals surface area contributed by atoms with E-state index in [0.717, 1.165) is 10.4 Å². The Kier molecular flexibility index (Phi) is 11.2. The summed E-state index contributed by atoms with van der Waals surface area (Å²) in [5.41, 5.74) is 1.58. The number of thiophene rings is 1. The molecule has 2 heterocycles. The van der Waals surface area contributed by atoms with Crippen LogP contribution < -0.4 is 5.32 Å². The van der Waals surface area contributed by atoms with E-state index in [2.05, 4.69) is 5.32 Å². The Morgan fingerprint density at radius 1 is 1.02 bits per heavy atom. The van der Waals surface area contributed by atoms with Gasteiger partial charge in [0.15, 0.2) is 0 Å². The Bertz CT molecular complexity index is 1300. The quantitative estimate of drug-likeness (QED) is 0.378. The number of methoxy groups -OCH3 is 2. The monoisotopic (exact) mass is 594 g/mol. The number of sulfonamides is 1. The topological polar surface area (TPSA) is 126 Å². The lowest BCUT2D eigenvalue weighted by atomic mass is 10.0. The van der Waals surface area contributed by atoms with Crippen LogP contribution in [0.15, 0.2) is 29.2 Å². The number of anilines is 1. The van der Waals surface area contributed by atoms with Crippen LogP contribution in [0.5, 0.6) is 0 Å². The molecule has 0 aliphatic carbocycles. The Morgan fingerprint density at radius 2 is 1.62 bits per heavy atom. The van der Waals surface area contributed by atoms with Crippen molar-refractivity contribution in [3.05, 3.63) is 45.8 Å². The maximum atomic E-state index is 13.5. The van der Waals surface area contributed by atoms with E-state index in [1.165, 1.54) is 61.1 Å². The van der Waals surface area contributed by atoms with E-state index in [-0.39, 0.29) is 48.6 Å². The average Bonchev–Trinajstić information content (AvgIpc) is 3.30. The molecule has 0 spiro atoms. The molecule has 1 N–H and O–H groups in total. The van der Waals surface area contributed by atoms with Crippen molar-refractivity contribution in [1.82, 2.24) is 14.1 Å². The second kappa shape index (κ2) is 14.2. The zero-order valence-corrected chi connectivity index (χ0v) is 25.3. The summed E-state index contributed by atoms with van der Waals surface area (Å²) in [4.78, 5) is 43.1. The number of carbonyl (C=O) groups is 3. The van der Waals surface area contributed by atoms with Gasteiger partial charge < -0.3 is 24.6 Å². The summed E-state index contributed by atoms with van der Waals surface area (Å²) in [7, 11) is -0.836. The van der Waals surface area contributed by atoms with Gasteiger partial charge in [-0.15, -0.1) is 11.3 Å². The minimum absolute atomic E-state index is 0.0423. The summed E-state index contributed by atoms with van der Waals surface area (Å²) in [6, 6.07) is 5.68. The smallest absolute Gasteiger partial charge is 0.257 e. The molecule has 0 atom stereocenters. The van der Waals surface area contributed by atoms with E-state index >= 15 is 0 Å². The van der Waals surface area contributed by atoms with Crippen molar-refractivity contribution in [3.8, 4) is 0 Å². The van der Waals surface area contributed by atoms with Crippen molar-refractivity contribution in [2.45, 2.75) is 38.6 Å². The van der Waals surface area contributed by atoms with Gasteiger partial charge in [-0.1, -0.05) is 0 Å². The molecule has 1 aromatic heterocycles. The number of rotatable bonds is 13. The van der Waals surface area contributed by atoms with E-state index in [0.29, 0.717) is 43.2 Å². The molecule has 1 aliphatic rings. The summed E-state index contributed by atoms with van der Waals surface area (Å²) in [5, 5.41) is 3.31. The summed E-state index contributed by atoms with van der Waals surface area (Å²) in [6.07, 6.45) is 0.527. The van der Waals surface area contributed by atoms with E-state index < -0.39 is 15.9 Å². The SMILES string of the molecule is CCN(CC)C(=O)c1c(NC(=O)c2ccc(S(=O)(=O)N(CCOC)CCOC)cc2)sc2c1CCN(C(C)=O)C2. The van der Waals surface area contributed by atoms with Crippen molar-refractivity contribution in [2.75, 3.05) is 65.5 Å². The molecule has 3 rings (SSSR count). The molecule has 1 aliphatic heterocycles. The first-order valence-electron chi connectivity index (χ1n) is 13.2. The van der Waals surface area contributed by atoms with Gasteiger partial charge in [0.25, 0.3) is 11.8 Å². The first kappa shape index (κ1) is 31.7. The van der Waals surface area contributed by atoms with E-state index in [4.69, 9.17) is 9.47 Å². The number of nitrogens with zero attached hydrogens (tertiary/aromatic N) is 3. The molecular weight excluding hydrogens is 556 g/mol. The van der Waals surface area contributed by atoms with Crippen molar-refractivity contribution in [2.24, 2.45) is 0 Å². The Balaban J connectivity index is 1.88. The van der Waals surface area contributed by atoms with Crippen molar-refractivity contribution in [1.29, 1.82) is 0 Å². The lowest BCUT2D eigenvalue weighted by Gasteiger charge is -2.27. The summed E-state index contributed by atoms with van der Waals surface area (Å²) in [5.74, 6) is -0.669. The number of carbonyl (C=O) groups excluding carboxylic acids is 3. The fourth-order valence-electron chi connectivity index (χ4n) is 4.50. The average molecular weight is 595 g/mol. The second-order valence-electron chi connectivity index (χ2n) is 9.24. The zero-order chi connectivity index (χ0) is 29.4. The third kappa shape index (κ3) is 7.07. The van der Waals surface area contributed by atoms with Crippen LogP contribution in [0.2, 0.25) is 0 Å². The highest BCUT2D eigenvalue weighted by Crippen LogP contribution is 2.38. The fraction of sp³-hybridized carbons (Fsp3) is 0.519. The van der Waals surface area contributed by atoms with Crippen LogP contribution in [-0.4, -0.2) is 100 Å². The van der Waals surface area contributed by atoms with Crippen molar-refractivity contribution in [3.63, 3.8) is 0 Å². The molecule has 2 aromatic rings. The van der Waals surface area contributed by atoms with Gasteiger partial charge in [-0.25, -0.2) is 8.42 Å². The van der Waals surface area contributed by atoms with Crippen molar-refractivity contribution >= 4 is 44.1 Å². The minimum atomic E-state index is -3.83. The van der Waals surface area contributed by atoms with Gasteiger partial charge in [-0.3, -0.25) is 14.4 Å². The zero-order valence-electron chi connectivity index (χ0n) is 23.7. The molecule has 0 bridgehead atoms. The maximum absolute atomic E-state index is 13.5. The second-order valence-corrected chi connectivity index (χ2v) is 12.3. The van der Waals surface area contributed by atoms with E-state index in [1.54, 1.807) is 9.80 Å².